The van der Waals surface area contributed by atoms with Crippen molar-refractivity contribution in [1.82, 2.24) is 30.2 Å². The summed E-state index contributed by atoms with van der Waals surface area (Å²) in [6.45, 7) is 1.09. The number of pyridine rings is 2. The van der Waals surface area contributed by atoms with Gasteiger partial charge in [-0.3, -0.25) is 15.1 Å². The topological polar surface area (TPSA) is 101 Å². The van der Waals surface area contributed by atoms with E-state index in [1.54, 1.807) is 30.6 Å². The van der Waals surface area contributed by atoms with E-state index in [1.165, 1.54) is 11.3 Å². The first kappa shape index (κ1) is 24.1. The monoisotopic (exact) mass is 521 g/mol. The molecule has 5 aromatic rings. The number of thiazole rings is 1. The molecule has 0 aliphatic carbocycles. The van der Waals surface area contributed by atoms with Gasteiger partial charge in [0, 0.05) is 53.6 Å². The maximum atomic E-state index is 6.47. The Kier molecular flexibility index (Phi) is 7.38. The maximum Gasteiger partial charge on any atom is 0.188 e. The van der Waals surface area contributed by atoms with Gasteiger partial charge in [-0.1, -0.05) is 17.7 Å². The van der Waals surface area contributed by atoms with E-state index in [1.807, 2.05) is 49.6 Å². The average molecular weight is 522 g/mol. The van der Waals surface area contributed by atoms with Gasteiger partial charge in [-0.2, -0.15) is 10.2 Å². The van der Waals surface area contributed by atoms with Crippen LogP contribution in [-0.2, 0) is 17.8 Å². The summed E-state index contributed by atoms with van der Waals surface area (Å²) in [4.78, 5) is 19.6. The molecule has 0 bridgehead atoms. The number of nitrogens with zero attached hydrogens (tertiary/aromatic N) is 5. The molecule has 5 rings (SSSR count). The van der Waals surface area contributed by atoms with Gasteiger partial charge in [0.1, 0.15) is 11.3 Å². The molecule has 9 nitrogen and oxygen atoms in total. The fourth-order valence-corrected chi connectivity index (χ4v) is 4.75. The van der Waals surface area contributed by atoms with Crippen LogP contribution in [0.1, 0.15) is 10.6 Å². The molecule has 0 unspecified atom stereocenters. The number of halogens is 1. The van der Waals surface area contributed by atoms with E-state index >= 15 is 0 Å². The molecule has 2 N–H and O–H groups in total. The second-order valence-corrected chi connectivity index (χ2v) is 9.47. The van der Waals surface area contributed by atoms with E-state index in [-0.39, 0.29) is 0 Å². The van der Waals surface area contributed by atoms with Gasteiger partial charge < -0.3 is 14.9 Å². The van der Waals surface area contributed by atoms with E-state index in [9.17, 15) is 0 Å². The SMILES string of the molecule is CON(C)Cc1cnc(Nc2n[nH]c3c(OCCc4ccccn4)cc(-c4ncccc4Cl)cc23)s1. The fourth-order valence-electron chi connectivity index (χ4n) is 3.67. The van der Waals surface area contributed by atoms with Crippen molar-refractivity contribution in [3.63, 3.8) is 0 Å². The molecule has 0 radical (unpaired) electrons. The Morgan fingerprint density at radius 2 is 2.00 bits per heavy atom. The summed E-state index contributed by atoms with van der Waals surface area (Å²) >= 11 is 8.01. The third-order valence-electron chi connectivity index (χ3n) is 5.48. The van der Waals surface area contributed by atoms with Crippen molar-refractivity contribution in [2.45, 2.75) is 13.0 Å². The van der Waals surface area contributed by atoms with Crippen LogP contribution in [-0.4, -0.2) is 51.0 Å². The quantitative estimate of drug-likeness (QED) is 0.233. The van der Waals surface area contributed by atoms with Crippen molar-refractivity contribution in [3.8, 4) is 17.0 Å². The van der Waals surface area contributed by atoms with E-state index in [0.717, 1.165) is 32.2 Å². The summed E-state index contributed by atoms with van der Waals surface area (Å²) in [6, 6.07) is 13.4. The first-order chi connectivity index (χ1) is 17.6. The number of aromatic nitrogens is 5. The Bertz CT molecular complexity index is 1460. The predicted octanol–water partition coefficient (Wildman–Crippen LogP) is 5.49. The highest BCUT2D eigenvalue weighted by Crippen LogP contribution is 2.37. The minimum Gasteiger partial charge on any atom is -0.491 e. The molecule has 36 heavy (non-hydrogen) atoms. The first-order valence-corrected chi connectivity index (χ1v) is 12.4. The van der Waals surface area contributed by atoms with Crippen LogP contribution in [0.2, 0.25) is 5.02 Å². The Morgan fingerprint density at radius 3 is 2.81 bits per heavy atom. The van der Waals surface area contributed by atoms with Crippen LogP contribution in [0.5, 0.6) is 5.75 Å². The number of rotatable bonds is 10. The van der Waals surface area contributed by atoms with Crippen molar-refractivity contribution in [3.05, 3.63) is 76.6 Å². The van der Waals surface area contributed by atoms with Crippen LogP contribution in [0.25, 0.3) is 22.2 Å². The first-order valence-electron chi connectivity index (χ1n) is 11.2. The highest BCUT2D eigenvalue weighted by atomic mass is 35.5. The third-order valence-corrected chi connectivity index (χ3v) is 6.68. The lowest BCUT2D eigenvalue weighted by molar-refractivity contribution is -0.116. The Balaban J connectivity index is 1.46. The van der Waals surface area contributed by atoms with Crippen LogP contribution in [0, 0.1) is 0 Å². The second-order valence-electron chi connectivity index (χ2n) is 7.95. The van der Waals surface area contributed by atoms with Gasteiger partial charge in [-0.15, -0.1) is 11.3 Å². The number of H-pyrrole nitrogens is 1. The van der Waals surface area contributed by atoms with Crippen molar-refractivity contribution in [2.75, 3.05) is 26.1 Å². The lowest BCUT2D eigenvalue weighted by Crippen LogP contribution is -2.14. The molecular formula is C25H24ClN7O2S. The van der Waals surface area contributed by atoms with E-state index < -0.39 is 0 Å². The molecule has 0 spiro atoms. The number of anilines is 2. The van der Waals surface area contributed by atoms with Crippen LogP contribution < -0.4 is 10.1 Å². The van der Waals surface area contributed by atoms with Gasteiger partial charge in [-0.25, -0.2) is 4.98 Å². The van der Waals surface area contributed by atoms with E-state index in [2.05, 4.69) is 30.5 Å². The minimum atomic E-state index is 0.455. The average Bonchev–Trinajstić information content (AvgIpc) is 3.52. The van der Waals surface area contributed by atoms with Gasteiger partial charge in [0.15, 0.2) is 10.9 Å². The zero-order chi connectivity index (χ0) is 24.9. The fraction of sp³-hybridized carbons (Fsp3) is 0.200. The van der Waals surface area contributed by atoms with Crippen LogP contribution >= 0.6 is 22.9 Å². The standard InChI is InChI=1S/C25H24ClN7O2S/c1-33(34-2)15-18-14-29-25(36-18)30-24-19-12-16(22-20(26)7-5-10-28-22)13-21(23(19)31-32-24)35-11-8-17-6-3-4-9-27-17/h3-7,9-10,12-14H,8,11,15H2,1-2H3,(H2,29,30,31,32). The van der Waals surface area contributed by atoms with Crippen molar-refractivity contribution in [2.24, 2.45) is 0 Å². The number of fused-ring (bicyclic) bond motifs is 1. The normalized spacial score (nSPS) is 11.3. The van der Waals surface area contributed by atoms with Crippen LogP contribution in [0.4, 0.5) is 10.9 Å². The Hall–Kier alpha value is -3.57. The Labute approximate surface area is 217 Å². The smallest absolute Gasteiger partial charge is 0.188 e. The number of nitrogens with one attached hydrogen (secondary N) is 2. The minimum absolute atomic E-state index is 0.455. The molecule has 0 saturated heterocycles. The molecule has 184 valence electrons. The lowest BCUT2D eigenvalue weighted by Gasteiger charge is -2.11. The van der Waals surface area contributed by atoms with Crippen molar-refractivity contribution >= 4 is 44.8 Å². The number of hydroxylamine groups is 2. The maximum absolute atomic E-state index is 6.47. The molecule has 0 atom stereocenters. The van der Waals surface area contributed by atoms with Crippen molar-refractivity contribution in [1.29, 1.82) is 0 Å². The summed E-state index contributed by atoms with van der Waals surface area (Å²) < 4.78 is 6.21. The molecule has 0 aliphatic heterocycles. The summed E-state index contributed by atoms with van der Waals surface area (Å²) in [5.41, 5.74) is 3.22. The molecule has 1 aromatic carbocycles. The molecule has 0 saturated carbocycles. The molecular weight excluding hydrogens is 498 g/mol. The summed E-state index contributed by atoms with van der Waals surface area (Å²) in [5.74, 6) is 1.29. The van der Waals surface area contributed by atoms with Gasteiger partial charge in [0.05, 0.1) is 31.0 Å². The Morgan fingerprint density at radius 1 is 1.11 bits per heavy atom. The highest BCUT2D eigenvalue weighted by Gasteiger charge is 2.17. The van der Waals surface area contributed by atoms with Crippen LogP contribution in [0.3, 0.4) is 0 Å². The summed E-state index contributed by atoms with van der Waals surface area (Å²) in [6.07, 6.45) is 5.99. The largest absolute Gasteiger partial charge is 0.491 e. The van der Waals surface area contributed by atoms with E-state index in [4.69, 9.17) is 21.2 Å². The molecule has 0 fully saturated rings. The molecule has 4 aromatic heterocycles. The molecule has 0 aliphatic rings. The van der Waals surface area contributed by atoms with Gasteiger partial charge in [-0.05, 0) is 36.4 Å². The lowest BCUT2D eigenvalue weighted by atomic mass is 10.1. The van der Waals surface area contributed by atoms with Crippen LogP contribution in [0.15, 0.2) is 61.1 Å². The number of hydrogen-bond donors (Lipinski definition) is 2. The number of hydrogen-bond acceptors (Lipinski definition) is 9. The number of ether oxygens (including phenoxy) is 1. The summed E-state index contributed by atoms with van der Waals surface area (Å²) in [7, 11) is 3.51. The van der Waals surface area contributed by atoms with Crippen molar-refractivity contribution < 1.29 is 9.57 Å². The zero-order valence-corrected chi connectivity index (χ0v) is 21.3. The van der Waals surface area contributed by atoms with Gasteiger partial charge in [0.2, 0.25) is 0 Å². The summed E-state index contributed by atoms with van der Waals surface area (Å²) in [5, 5.41) is 14.8. The predicted molar refractivity (Wildman–Crippen MR) is 142 cm³/mol. The highest BCUT2D eigenvalue weighted by molar-refractivity contribution is 7.15. The zero-order valence-electron chi connectivity index (χ0n) is 19.7. The van der Waals surface area contributed by atoms with E-state index in [0.29, 0.717) is 41.9 Å². The second kappa shape index (κ2) is 11.0. The number of benzene rings is 1. The van der Waals surface area contributed by atoms with Gasteiger partial charge >= 0.3 is 0 Å². The third kappa shape index (κ3) is 5.47. The molecule has 11 heteroatoms. The number of aromatic amines is 1. The molecule has 4 heterocycles. The van der Waals surface area contributed by atoms with Gasteiger partial charge in [0.25, 0.3) is 0 Å². The molecule has 0 amide bonds.